The van der Waals surface area contributed by atoms with Gasteiger partial charge in [0.25, 0.3) is 0 Å². The predicted molar refractivity (Wildman–Crippen MR) is 95.4 cm³/mol. The molecule has 126 valence electrons. The second-order valence-corrected chi connectivity index (χ2v) is 5.48. The highest BCUT2D eigenvalue weighted by Crippen LogP contribution is 2.24. The Morgan fingerprint density at radius 1 is 1.08 bits per heavy atom. The number of methoxy groups -OCH3 is 1. The number of hydrogen-bond donors (Lipinski definition) is 2. The largest absolute Gasteiger partial charge is 0.495 e. The average Bonchev–Trinajstić information content (AvgIpc) is 2.60. The van der Waals surface area contributed by atoms with E-state index in [1.54, 1.807) is 18.2 Å². The normalized spacial score (nSPS) is 10.2. The second-order valence-electron chi connectivity index (χ2n) is 5.48. The molecule has 5 heteroatoms. The second kappa shape index (κ2) is 8.15. The zero-order valence-electron chi connectivity index (χ0n) is 14.0. The number of rotatable bonds is 7. The molecule has 2 aromatic carbocycles. The van der Waals surface area contributed by atoms with E-state index in [0.29, 0.717) is 22.7 Å². The van der Waals surface area contributed by atoms with E-state index in [2.05, 4.69) is 12.2 Å². The van der Waals surface area contributed by atoms with Gasteiger partial charge in [0, 0.05) is 24.1 Å². The maximum Gasteiger partial charge on any atom is 0.224 e. The first-order valence-electron chi connectivity index (χ1n) is 7.89. The fourth-order valence-corrected chi connectivity index (χ4v) is 2.33. The van der Waals surface area contributed by atoms with Crippen LogP contribution < -0.4 is 15.8 Å². The van der Waals surface area contributed by atoms with E-state index in [0.717, 1.165) is 6.42 Å². The fraction of sp³-hybridized carbons (Fsp3) is 0.263. The van der Waals surface area contributed by atoms with Gasteiger partial charge in [-0.1, -0.05) is 31.2 Å². The molecule has 0 spiro atoms. The van der Waals surface area contributed by atoms with Gasteiger partial charge in [-0.25, -0.2) is 0 Å². The number of carbonyl (C=O) groups is 2. The predicted octanol–water partition coefficient (Wildman–Crippen LogP) is 3.44. The van der Waals surface area contributed by atoms with Gasteiger partial charge in [-0.15, -0.1) is 0 Å². The van der Waals surface area contributed by atoms with Gasteiger partial charge in [-0.3, -0.25) is 9.59 Å². The Bertz CT molecular complexity index is 724. The van der Waals surface area contributed by atoms with Crippen LogP contribution in [-0.4, -0.2) is 18.8 Å². The van der Waals surface area contributed by atoms with Crippen molar-refractivity contribution in [3.8, 4) is 5.75 Å². The van der Waals surface area contributed by atoms with Crippen molar-refractivity contribution < 1.29 is 14.3 Å². The minimum Gasteiger partial charge on any atom is -0.495 e. The van der Waals surface area contributed by atoms with Crippen molar-refractivity contribution in [3.63, 3.8) is 0 Å². The summed E-state index contributed by atoms with van der Waals surface area (Å²) in [6.45, 7) is 2.06. The summed E-state index contributed by atoms with van der Waals surface area (Å²) in [5.74, 6) is 0.291. The number of aryl methyl sites for hydroxylation is 1. The smallest absolute Gasteiger partial charge is 0.224 e. The number of nitrogens with two attached hydrogens (primary N) is 1. The molecule has 1 amide bonds. The lowest BCUT2D eigenvalue weighted by molar-refractivity contribution is -0.116. The number of anilines is 2. The third-order valence-corrected chi connectivity index (χ3v) is 3.78. The first-order valence-corrected chi connectivity index (χ1v) is 7.89. The lowest BCUT2D eigenvalue weighted by Gasteiger charge is -2.09. The number of nitrogens with one attached hydrogen (secondary N) is 1. The average molecular weight is 326 g/mol. The molecule has 0 aromatic heterocycles. The van der Waals surface area contributed by atoms with E-state index in [9.17, 15) is 9.59 Å². The number of ether oxygens (including phenoxy) is 1. The minimum absolute atomic E-state index is 0.0398. The highest BCUT2D eigenvalue weighted by atomic mass is 16.5. The highest BCUT2D eigenvalue weighted by Gasteiger charge is 2.10. The van der Waals surface area contributed by atoms with Gasteiger partial charge in [0.1, 0.15) is 5.75 Å². The molecule has 2 aromatic rings. The quantitative estimate of drug-likeness (QED) is 0.603. The maximum atomic E-state index is 12.1. The van der Waals surface area contributed by atoms with Gasteiger partial charge in [0.2, 0.25) is 5.91 Å². The van der Waals surface area contributed by atoms with Crippen molar-refractivity contribution >= 4 is 23.1 Å². The molecular formula is C19H22N2O3. The summed E-state index contributed by atoms with van der Waals surface area (Å²) in [6.07, 6.45) is 1.23. The third-order valence-electron chi connectivity index (χ3n) is 3.78. The number of nitrogen functional groups attached to an aromatic ring is 1. The monoisotopic (exact) mass is 326 g/mol. The van der Waals surface area contributed by atoms with Crippen LogP contribution in [0.15, 0.2) is 42.5 Å². The molecule has 0 aliphatic heterocycles. The Morgan fingerprint density at radius 2 is 1.79 bits per heavy atom. The SMILES string of the molecule is CCc1ccc(C(=O)CCC(=O)Nc2ccc(OC)c(N)c2)cc1. The first-order chi connectivity index (χ1) is 11.5. The molecule has 3 N–H and O–H groups in total. The molecule has 0 aliphatic rings. The van der Waals surface area contributed by atoms with Crippen LogP contribution in [0.3, 0.4) is 0 Å². The molecule has 5 nitrogen and oxygen atoms in total. The zero-order valence-corrected chi connectivity index (χ0v) is 14.0. The summed E-state index contributed by atoms with van der Waals surface area (Å²) < 4.78 is 5.07. The Hall–Kier alpha value is -2.82. The number of Topliss-reactive ketones (excluding diaryl/α,β-unsaturated/α-hetero) is 1. The van der Waals surface area contributed by atoms with E-state index in [4.69, 9.17) is 10.5 Å². The highest BCUT2D eigenvalue weighted by molar-refractivity contribution is 6.00. The Morgan fingerprint density at radius 3 is 2.38 bits per heavy atom. The molecule has 0 saturated carbocycles. The van der Waals surface area contributed by atoms with Gasteiger partial charge in [-0.05, 0) is 30.2 Å². The Kier molecular flexibility index (Phi) is 5.95. The van der Waals surface area contributed by atoms with Crippen LogP contribution in [-0.2, 0) is 11.2 Å². The lowest BCUT2D eigenvalue weighted by atomic mass is 10.0. The number of amides is 1. The summed E-state index contributed by atoms with van der Waals surface area (Å²) in [5, 5.41) is 2.73. The topological polar surface area (TPSA) is 81.4 Å². The molecule has 0 aliphatic carbocycles. The van der Waals surface area contributed by atoms with Crippen molar-refractivity contribution in [2.24, 2.45) is 0 Å². The van der Waals surface area contributed by atoms with Crippen molar-refractivity contribution in [2.45, 2.75) is 26.2 Å². The van der Waals surface area contributed by atoms with Crippen molar-refractivity contribution in [2.75, 3.05) is 18.2 Å². The summed E-state index contributed by atoms with van der Waals surface area (Å²) in [6, 6.07) is 12.5. The summed E-state index contributed by atoms with van der Waals surface area (Å²) in [7, 11) is 1.53. The molecule has 0 fully saturated rings. The number of carbonyl (C=O) groups excluding carboxylic acids is 2. The summed E-state index contributed by atoms with van der Waals surface area (Å²) in [4.78, 5) is 24.1. The molecule has 0 atom stereocenters. The molecular weight excluding hydrogens is 304 g/mol. The van der Waals surface area contributed by atoms with Crippen LogP contribution in [0, 0.1) is 0 Å². The van der Waals surface area contributed by atoms with Crippen LogP contribution in [0.1, 0.15) is 35.7 Å². The van der Waals surface area contributed by atoms with Gasteiger partial charge in [0.05, 0.1) is 12.8 Å². The number of ketones is 1. The van der Waals surface area contributed by atoms with Gasteiger partial charge in [-0.2, -0.15) is 0 Å². The molecule has 0 unspecified atom stereocenters. The summed E-state index contributed by atoms with van der Waals surface area (Å²) in [5.41, 5.74) is 8.64. The minimum atomic E-state index is -0.224. The molecule has 0 saturated heterocycles. The van der Waals surface area contributed by atoms with Crippen molar-refractivity contribution in [1.82, 2.24) is 0 Å². The molecule has 0 bridgehead atoms. The van der Waals surface area contributed by atoms with Crippen LogP contribution in [0.25, 0.3) is 0 Å². The molecule has 0 radical (unpaired) electrons. The van der Waals surface area contributed by atoms with Crippen molar-refractivity contribution in [3.05, 3.63) is 53.6 Å². The van der Waals surface area contributed by atoms with Crippen LogP contribution in [0.2, 0.25) is 0 Å². The van der Waals surface area contributed by atoms with Crippen LogP contribution in [0.5, 0.6) is 5.75 Å². The molecule has 0 heterocycles. The third kappa shape index (κ3) is 4.59. The van der Waals surface area contributed by atoms with Crippen LogP contribution in [0.4, 0.5) is 11.4 Å². The van der Waals surface area contributed by atoms with Crippen molar-refractivity contribution in [1.29, 1.82) is 0 Å². The first kappa shape index (κ1) is 17.5. The standard InChI is InChI=1S/C19H22N2O3/c1-3-13-4-6-14(7-5-13)17(22)9-11-19(23)21-15-8-10-18(24-2)16(20)12-15/h4-8,10,12H,3,9,11,20H2,1-2H3,(H,21,23). The van der Waals surface area contributed by atoms with E-state index >= 15 is 0 Å². The van der Waals surface area contributed by atoms with E-state index in [1.165, 1.54) is 12.7 Å². The summed E-state index contributed by atoms with van der Waals surface area (Å²) >= 11 is 0. The Labute approximate surface area is 141 Å². The maximum absolute atomic E-state index is 12.1. The zero-order chi connectivity index (χ0) is 17.5. The lowest BCUT2D eigenvalue weighted by Crippen LogP contribution is -2.13. The van der Waals surface area contributed by atoms with E-state index in [1.807, 2.05) is 24.3 Å². The van der Waals surface area contributed by atoms with Gasteiger partial charge < -0.3 is 15.8 Å². The number of benzene rings is 2. The van der Waals surface area contributed by atoms with Gasteiger partial charge >= 0.3 is 0 Å². The fourth-order valence-electron chi connectivity index (χ4n) is 2.33. The van der Waals surface area contributed by atoms with Gasteiger partial charge in [0.15, 0.2) is 5.78 Å². The van der Waals surface area contributed by atoms with E-state index < -0.39 is 0 Å². The van der Waals surface area contributed by atoms with Crippen LogP contribution >= 0.6 is 0 Å². The molecule has 2 rings (SSSR count). The van der Waals surface area contributed by atoms with E-state index in [-0.39, 0.29) is 24.5 Å². The Balaban J connectivity index is 1.88. The molecule has 24 heavy (non-hydrogen) atoms. The number of hydrogen-bond acceptors (Lipinski definition) is 4.